The van der Waals surface area contributed by atoms with Gasteiger partial charge in [0.2, 0.25) is 6.10 Å². The van der Waals surface area contributed by atoms with Crippen LogP contribution in [0.25, 0.3) is 0 Å². The molecule has 4 atom stereocenters. The van der Waals surface area contributed by atoms with Gasteiger partial charge in [-0.25, -0.2) is 4.79 Å². The summed E-state index contributed by atoms with van der Waals surface area (Å²) >= 11 is 5.80. The number of nitro groups is 1. The number of carbonyl (C=O) groups excluding carboxylic acids is 1. The number of nitrogens with zero attached hydrogens (tertiary/aromatic N) is 1. The van der Waals surface area contributed by atoms with Gasteiger partial charge in [-0.1, -0.05) is 0 Å². The van der Waals surface area contributed by atoms with E-state index in [9.17, 15) is 14.9 Å². The molecule has 0 aromatic rings. The van der Waals surface area contributed by atoms with E-state index in [2.05, 4.69) is 4.74 Å². The molecule has 0 unspecified atom stereocenters. The average molecular weight is 238 g/mol. The van der Waals surface area contributed by atoms with Gasteiger partial charge in [0, 0.05) is 10.3 Å². The highest BCUT2D eigenvalue weighted by atomic mass is 35.5. The van der Waals surface area contributed by atoms with E-state index in [4.69, 9.17) is 16.3 Å². The van der Waals surface area contributed by atoms with E-state index in [1.165, 1.54) is 7.11 Å². The molecule has 0 saturated carbocycles. The maximum absolute atomic E-state index is 11.2. The molecule has 0 bridgehead atoms. The highest BCUT2D eigenvalue weighted by Gasteiger charge is 2.52. The molecule has 0 amide bonds. The molecule has 0 aromatic carbocycles. The van der Waals surface area contributed by atoms with Crippen LogP contribution in [0.5, 0.6) is 0 Å². The highest BCUT2D eigenvalue weighted by molar-refractivity contribution is 6.20. The Labute approximate surface area is 91.6 Å². The van der Waals surface area contributed by atoms with Crippen molar-refractivity contribution in [3.8, 4) is 0 Å². The van der Waals surface area contributed by atoms with Crippen LogP contribution in [0.2, 0.25) is 0 Å². The second kappa shape index (κ2) is 4.76. The van der Waals surface area contributed by atoms with Crippen molar-refractivity contribution in [2.45, 2.75) is 24.4 Å². The van der Waals surface area contributed by atoms with Gasteiger partial charge in [0.15, 0.2) is 0 Å². The largest absolute Gasteiger partial charge is 0.467 e. The second-order valence-electron chi connectivity index (χ2n) is 3.39. The Morgan fingerprint density at radius 1 is 1.73 bits per heavy atom. The van der Waals surface area contributed by atoms with Gasteiger partial charge < -0.3 is 9.47 Å². The number of ether oxygens (including phenoxy) is 2. The van der Waals surface area contributed by atoms with Gasteiger partial charge in [-0.05, 0) is 6.92 Å². The first-order valence-electron chi connectivity index (χ1n) is 4.46. The van der Waals surface area contributed by atoms with Gasteiger partial charge in [0.1, 0.15) is 0 Å². The summed E-state index contributed by atoms with van der Waals surface area (Å²) in [5.74, 6) is -1.19. The lowest BCUT2D eigenvalue weighted by Crippen LogP contribution is -2.42. The number of halogens is 1. The number of alkyl halides is 1. The Morgan fingerprint density at radius 3 is 2.73 bits per heavy atom. The average Bonchev–Trinajstić information content (AvgIpc) is 2.60. The maximum atomic E-state index is 11.2. The van der Waals surface area contributed by atoms with E-state index < -0.39 is 34.3 Å². The van der Waals surface area contributed by atoms with Gasteiger partial charge in [0.25, 0.3) is 6.04 Å². The van der Waals surface area contributed by atoms with Crippen molar-refractivity contribution in [1.82, 2.24) is 0 Å². The Bertz CT molecular complexity index is 270. The van der Waals surface area contributed by atoms with E-state index in [-0.39, 0.29) is 6.61 Å². The second-order valence-corrected chi connectivity index (χ2v) is 4.08. The monoisotopic (exact) mass is 237 g/mol. The van der Waals surface area contributed by atoms with E-state index >= 15 is 0 Å². The molecule has 1 heterocycles. The quantitative estimate of drug-likeness (QED) is 0.308. The van der Waals surface area contributed by atoms with E-state index in [0.717, 1.165) is 0 Å². The molecule has 0 radical (unpaired) electrons. The van der Waals surface area contributed by atoms with Gasteiger partial charge in [-0.15, -0.1) is 11.6 Å². The molecule has 6 nitrogen and oxygen atoms in total. The van der Waals surface area contributed by atoms with E-state index in [1.807, 2.05) is 0 Å². The van der Waals surface area contributed by atoms with Gasteiger partial charge in [-0.3, -0.25) is 10.1 Å². The van der Waals surface area contributed by atoms with Crippen LogP contribution >= 0.6 is 11.6 Å². The van der Waals surface area contributed by atoms with Crippen LogP contribution < -0.4 is 0 Å². The number of hydrogen-bond acceptors (Lipinski definition) is 5. The number of esters is 1. The fraction of sp³-hybridized carbons (Fsp3) is 0.875. The standard InChI is InChI=1S/C8H12ClNO5/c1-4(9)5-3-15-7(8(11)14-2)6(5)10(12)13/h4-7H,3H2,1-2H3/t4-,5+,6-,7-/m0/s1. The molecule has 0 N–H and O–H groups in total. The van der Waals surface area contributed by atoms with Gasteiger partial charge >= 0.3 is 5.97 Å². The molecule has 0 spiro atoms. The molecule has 0 aromatic heterocycles. The highest BCUT2D eigenvalue weighted by Crippen LogP contribution is 2.28. The summed E-state index contributed by atoms with van der Waals surface area (Å²) in [4.78, 5) is 21.5. The van der Waals surface area contributed by atoms with Crippen LogP contribution in [-0.2, 0) is 14.3 Å². The third kappa shape index (κ3) is 2.38. The Morgan fingerprint density at radius 2 is 2.33 bits per heavy atom. The molecule has 1 fully saturated rings. The van der Waals surface area contributed by atoms with E-state index in [0.29, 0.717) is 0 Å². The summed E-state index contributed by atoms with van der Waals surface area (Å²) < 4.78 is 9.48. The van der Waals surface area contributed by atoms with Crippen LogP contribution in [0.15, 0.2) is 0 Å². The van der Waals surface area contributed by atoms with Gasteiger partial charge in [0.05, 0.1) is 19.6 Å². The first-order valence-corrected chi connectivity index (χ1v) is 4.89. The van der Waals surface area contributed by atoms with Crippen LogP contribution in [0.3, 0.4) is 0 Å². The molecule has 15 heavy (non-hydrogen) atoms. The summed E-state index contributed by atoms with van der Waals surface area (Å²) in [6.07, 6.45) is -1.14. The molecule has 1 saturated heterocycles. The van der Waals surface area contributed by atoms with Crippen molar-refractivity contribution in [2.24, 2.45) is 5.92 Å². The van der Waals surface area contributed by atoms with E-state index in [1.54, 1.807) is 6.92 Å². The lowest BCUT2D eigenvalue weighted by atomic mass is 9.96. The third-order valence-electron chi connectivity index (χ3n) is 2.48. The molecule has 1 aliphatic heterocycles. The van der Waals surface area contributed by atoms with Crippen LogP contribution in [0, 0.1) is 16.0 Å². The maximum Gasteiger partial charge on any atom is 0.342 e. The predicted octanol–water partition coefficient (Wildman–Crippen LogP) is 0.447. The molecule has 0 aliphatic carbocycles. The van der Waals surface area contributed by atoms with Gasteiger partial charge in [-0.2, -0.15) is 0 Å². The first-order chi connectivity index (χ1) is 6.99. The van der Waals surface area contributed by atoms with Crippen molar-refractivity contribution in [2.75, 3.05) is 13.7 Å². The fourth-order valence-corrected chi connectivity index (χ4v) is 1.85. The molecule has 1 rings (SSSR count). The predicted molar refractivity (Wildman–Crippen MR) is 51.3 cm³/mol. The van der Waals surface area contributed by atoms with Crippen molar-refractivity contribution in [1.29, 1.82) is 0 Å². The zero-order valence-electron chi connectivity index (χ0n) is 8.38. The lowest BCUT2D eigenvalue weighted by Gasteiger charge is -2.15. The first kappa shape index (κ1) is 12.2. The molecular formula is C8H12ClNO5. The van der Waals surface area contributed by atoms with Crippen molar-refractivity contribution < 1.29 is 19.2 Å². The number of carbonyl (C=O) groups is 1. The lowest BCUT2D eigenvalue weighted by molar-refractivity contribution is -0.531. The summed E-state index contributed by atoms with van der Waals surface area (Å²) in [7, 11) is 1.17. The minimum absolute atomic E-state index is 0.107. The van der Waals surface area contributed by atoms with Crippen molar-refractivity contribution >= 4 is 17.6 Å². The Kier molecular flexibility index (Phi) is 3.87. The molecular weight excluding hydrogens is 226 g/mol. The Hall–Kier alpha value is -0.880. The summed E-state index contributed by atoms with van der Waals surface area (Å²) in [6, 6.07) is -1.12. The normalized spacial score (nSPS) is 32.3. The fourth-order valence-electron chi connectivity index (χ4n) is 1.63. The summed E-state index contributed by atoms with van der Waals surface area (Å²) in [6.45, 7) is 1.75. The third-order valence-corrected chi connectivity index (χ3v) is 2.81. The van der Waals surface area contributed by atoms with Crippen molar-refractivity contribution in [3.05, 3.63) is 10.1 Å². The van der Waals surface area contributed by atoms with Crippen LogP contribution in [0.1, 0.15) is 6.92 Å². The zero-order chi connectivity index (χ0) is 11.6. The topological polar surface area (TPSA) is 78.7 Å². The SMILES string of the molecule is COC(=O)[C@H]1OC[C@H]([C@H](C)Cl)[C@@H]1[N+](=O)[O-]. The molecule has 86 valence electrons. The minimum atomic E-state index is -1.14. The molecule has 1 aliphatic rings. The minimum Gasteiger partial charge on any atom is -0.467 e. The Balaban J connectivity index is 2.84. The molecule has 7 heteroatoms. The number of hydrogen-bond donors (Lipinski definition) is 0. The summed E-state index contributed by atoms with van der Waals surface area (Å²) in [5.41, 5.74) is 0. The number of rotatable bonds is 3. The van der Waals surface area contributed by atoms with Crippen molar-refractivity contribution in [3.63, 3.8) is 0 Å². The smallest absolute Gasteiger partial charge is 0.342 e. The summed E-state index contributed by atoms with van der Waals surface area (Å²) in [5, 5.41) is 10.4. The zero-order valence-corrected chi connectivity index (χ0v) is 9.14. The number of methoxy groups -OCH3 is 1. The van der Waals surface area contributed by atoms with Crippen LogP contribution in [-0.4, -0.2) is 42.1 Å². The van der Waals surface area contributed by atoms with Crippen LogP contribution in [0.4, 0.5) is 0 Å².